The van der Waals surface area contributed by atoms with E-state index >= 15 is 0 Å². The van der Waals surface area contributed by atoms with E-state index in [1.54, 1.807) is 0 Å². The Morgan fingerprint density at radius 1 is 1.09 bits per heavy atom. The Hall–Kier alpha value is -1.63. The monoisotopic (exact) mass is 455 g/mol. The van der Waals surface area contributed by atoms with Gasteiger partial charge in [0, 0.05) is 18.5 Å². The van der Waals surface area contributed by atoms with Crippen LogP contribution in [-0.4, -0.2) is 66.5 Å². The van der Waals surface area contributed by atoms with Crippen molar-refractivity contribution < 1.29 is 14.4 Å². The highest BCUT2D eigenvalue weighted by atomic mass is 16.5. The molecule has 1 N–H and O–H groups in total. The molecule has 33 heavy (non-hydrogen) atoms. The lowest BCUT2D eigenvalue weighted by Crippen LogP contribution is -2.38. The Bertz CT molecular complexity index is 915. The molecule has 3 fully saturated rings. The van der Waals surface area contributed by atoms with Crippen LogP contribution in [0.4, 0.5) is 0 Å². The molecule has 0 bridgehead atoms. The van der Waals surface area contributed by atoms with Gasteiger partial charge in [0.15, 0.2) is 5.58 Å². The summed E-state index contributed by atoms with van der Waals surface area (Å²) >= 11 is 0. The lowest BCUT2D eigenvalue weighted by atomic mass is 9.90. The molecule has 2 saturated carbocycles. The van der Waals surface area contributed by atoms with Crippen LogP contribution < -0.4 is 4.74 Å². The van der Waals surface area contributed by atoms with E-state index in [9.17, 15) is 5.11 Å². The SMILES string of the molecule is CN(C)Cc1c(OCC2CC2)ccc2c(CCC3CCN(CC4CCCC4O)CC3)noc12. The summed E-state index contributed by atoms with van der Waals surface area (Å²) < 4.78 is 12.1. The van der Waals surface area contributed by atoms with Gasteiger partial charge in [0.25, 0.3) is 0 Å². The van der Waals surface area contributed by atoms with Crippen molar-refractivity contribution in [3.05, 3.63) is 23.4 Å². The molecule has 1 aliphatic heterocycles. The van der Waals surface area contributed by atoms with Gasteiger partial charge in [-0.2, -0.15) is 0 Å². The number of ether oxygens (including phenoxy) is 1. The van der Waals surface area contributed by atoms with Crippen LogP contribution in [0.2, 0.25) is 0 Å². The highest BCUT2D eigenvalue weighted by Gasteiger charge is 2.29. The average Bonchev–Trinajstić information content (AvgIpc) is 3.41. The molecule has 6 heteroatoms. The minimum absolute atomic E-state index is 0.0693. The van der Waals surface area contributed by atoms with Crippen molar-refractivity contribution in [2.75, 3.05) is 40.3 Å². The molecule has 2 unspecified atom stereocenters. The van der Waals surface area contributed by atoms with Crippen LogP contribution in [0.1, 0.15) is 62.6 Å². The average molecular weight is 456 g/mol. The first kappa shape index (κ1) is 23.1. The van der Waals surface area contributed by atoms with E-state index in [1.165, 1.54) is 58.0 Å². The molecule has 0 spiro atoms. The number of nitrogens with zero attached hydrogens (tertiary/aromatic N) is 3. The molecule has 1 aromatic carbocycles. The van der Waals surface area contributed by atoms with E-state index < -0.39 is 0 Å². The van der Waals surface area contributed by atoms with Gasteiger partial charge in [0.2, 0.25) is 0 Å². The van der Waals surface area contributed by atoms with Crippen LogP contribution in [0.15, 0.2) is 16.7 Å². The maximum Gasteiger partial charge on any atom is 0.175 e. The number of hydrogen-bond acceptors (Lipinski definition) is 6. The van der Waals surface area contributed by atoms with Gasteiger partial charge in [0.1, 0.15) is 5.75 Å². The van der Waals surface area contributed by atoms with Gasteiger partial charge >= 0.3 is 0 Å². The minimum Gasteiger partial charge on any atom is -0.493 e. The molecular weight excluding hydrogens is 414 g/mol. The number of rotatable bonds is 10. The summed E-state index contributed by atoms with van der Waals surface area (Å²) in [5, 5.41) is 15.8. The summed E-state index contributed by atoms with van der Waals surface area (Å²) in [6.07, 6.45) is 10.6. The first-order chi connectivity index (χ1) is 16.1. The van der Waals surface area contributed by atoms with Gasteiger partial charge in [-0.3, -0.25) is 0 Å². The van der Waals surface area contributed by atoms with E-state index in [0.29, 0.717) is 5.92 Å². The highest BCUT2D eigenvalue weighted by molar-refractivity contribution is 5.84. The normalized spacial score (nSPS) is 24.8. The maximum atomic E-state index is 10.1. The van der Waals surface area contributed by atoms with E-state index in [0.717, 1.165) is 72.3 Å². The predicted octanol–water partition coefficient (Wildman–Crippen LogP) is 4.48. The second-order valence-corrected chi connectivity index (χ2v) is 11.1. The van der Waals surface area contributed by atoms with Crippen LogP contribution >= 0.6 is 0 Å². The van der Waals surface area contributed by atoms with E-state index in [1.807, 2.05) is 0 Å². The molecule has 6 nitrogen and oxygen atoms in total. The Morgan fingerprint density at radius 2 is 1.91 bits per heavy atom. The Balaban J connectivity index is 1.18. The van der Waals surface area contributed by atoms with E-state index in [2.05, 4.69) is 41.2 Å². The summed E-state index contributed by atoms with van der Waals surface area (Å²) in [6, 6.07) is 4.28. The van der Waals surface area contributed by atoms with Gasteiger partial charge < -0.3 is 24.2 Å². The lowest BCUT2D eigenvalue weighted by molar-refractivity contribution is 0.0859. The molecule has 5 rings (SSSR count). The van der Waals surface area contributed by atoms with Gasteiger partial charge in [-0.25, -0.2) is 0 Å². The standard InChI is InChI=1S/C27H41N3O3/c1-29(2)17-23-26(32-18-20-6-7-20)11-9-22-24(28-33-27(22)23)10-8-19-12-14-30(15-13-19)16-21-4-3-5-25(21)31/h9,11,19-21,25,31H,3-8,10,12-18H2,1-2H3. The zero-order valence-electron chi connectivity index (χ0n) is 20.5. The van der Waals surface area contributed by atoms with Crippen LogP contribution in [0.3, 0.4) is 0 Å². The quantitative estimate of drug-likeness (QED) is 0.570. The molecule has 2 aliphatic carbocycles. The Labute approximate surface area is 198 Å². The number of benzene rings is 1. The van der Waals surface area contributed by atoms with Crippen molar-refractivity contribution in [1.29, 1.82) is 0 Å². The van der Waals surface area contributed by atoms with Crippen molar-refractivity contribution in [3.8, 4) is 5.75 Å². The van der Waals surface area contributed by atoms with Crippen LogP contribution in [0.5, 0.6) is 5.75 Å². The molecule has 0 amide bonds. The van der Waals surface area contributed by atoms with Gasteiger partial charge in [-0.05, 0) is 108 Å². The lowest BCUT2D eigenvalue weighted by Gasteiger charge is -2.34. The van der Waals surface area contributed by atoms with E-state index in [4.69, 9.17) is 9.26 Å². The fraction of sp³-hybridized carbons (Fsp3) is 0.741. The molecule has 3 aliphatic rings. The van der Waals surface area contributed by atoms with Crippen molar-refractivity contribution in [1.82, 2.24) is 15.0 Å². The molecule has 2 heterocycles. The third kappa shape index (κ3) is 5.72. The smallest absolute Gasteiger partial charge is 0.175 e. The number of aliphatic hydroxyl groups is 1. The first-order valence-electron chi connectivity index (χ1n) is 13.1. The summed E-state index contributed by atoms with van der Waals surface area (Å²) in [7, 11) is 4.17. The Morgan fingerprint density at radius 3 is 2.61 bits per heavy atom. The number of aromatic nitrogens is 1. The molecular formula is C27H41N3O3. The summed E-state index contributed by atoms with van der Waals surface area (Å²) in [4.78, 5) is 4.75. The van der Waals surface area contributed by atoms with Crippen LogP contribution in [0.25, 0.3) is 11.0 Å². The van der Waals surface area contributed by atoms with Gasteiger partial charge in [0.05, 0.1) is 24.0 Å². The number of piperidine rings is 1. The topological polar surface area (TPSA) is 62.0 Å². The zero-order valence-corrected chi connectivity index (χ0v) is 20.5. The minimum atomic E-state index is -0.0693. The number of aliphatic hydroxyl groups excluding tert-OH is 1. The second-order valence-electron chi connectivity index (χ2n) is 11.1. The summed E-state index contributed by atoms with van der Waals surface area (Å²) in [6.45, 7) is 5.03. The maximum absolute atomic E-state index is 10.1. The fourth-order valence-electron chi connectivity index (χ4n) is 5.73. The van der Waals surface area contributed by atoms with Gasteiger partial charge in [-0.1, -0.05) is 11.6 Å². The molecule has 1 saturated heterocycles. The summed E-state index contributed by atoms with van der Waals surface area (Å²) in [5.74, 6) is 2.93. The molecule has 2 aromatic rings. The Kier molecular flexibility index (Phi) is 7.24. The second kappa shape index (κ2) is 10.3. The van der Waals surface area contributed by atoms with Crippen molar-refractivity contribution in [2.24, 2.45) is 17.8 Å². The van der Waals surface area contributed by atoms with Crippen LogP contribution in [0, 0.1) is 17.8 Å². The third-order valence-electron chi connectivity index (χ3n) is 8.03. The summed E-state index contributed by atoms with van der Waals surface area (Å²) in [5.41, 5.74) is 3.12. The highest BCUT2D eigenvalue weighted by Crippen LogP contribution is 2.35. The zero-order chi connectivity index (χ0) is 22.8. The number of aryl methyl sites for hydroxylation is 1. The largest absolute Gasteiger partial charge is 0.493 e. The van der Waals surface area contributed by atoms with Crippen molar-refractivity contribution >= 4 is 11.0 Å². The fourth-order valence-corrected chi connectivity index (χ4v) is 5.73. The predicted molar refractivity (Wildman–Crippen MR) is 130 cm³/mol. The third-order valence-corrected chi connectivity index (χ3v) is 8.03. The van der Waals surface area contributed by atoms with E-state index in [-0.39, 0.29) is 6.10 Å². The number of fused-ring (bicyclic) bond motifs is 1. The number of likely N-dealkylation sites (tertiary alicyclic amines) is 1. The molecule has 0 radical (unpaired) electrons. The van der Waals surface area contributed by atoms with Crippen LogP contribution in [-0.2, 0) is 13.0 Å². The number of hydrogen-bond donors (Lipinski definition) is 1. The molecule has 182 valence electrons. The molecule has 1 aromatic heterocycles. The molecule has 2 atom stereocenters. The van der Waals surface area contributed by atoms with Gasteiger partial charge in [-0.15, -0.1) is 0 Å². The van der Waals surface area contributed by atoms with Crippen molar-refractivity contribution in [3.63, 3.8) is 0 Å². The van der Waals surface area contributed by atoms with Crippen molar-refractivity contribution in [2.45, 2.75) is 70.4 Å². The first-order valence-corrected chi connectivity index (χ1v) is 13.1.